The van der Waals surface area contributed by atoms with E-state index in [2.05, 4.69) is 11.4 Å². The lowest BCUT2D eigenvalue weighted by atomic mass is 10.1. The maximum atomic E-state index is 12.1. The van der Waals surface area contributed by atoms with Gasteiger partial charge in [-0.05, 0) is 63.5 Å². The summed E-state index contributed by atoms with van der Waals surface area (Å²) in [5, 5.41) is 2.15. The lowest BCUT2D eigenvalue weighted by Gasteiger charge is -2.30. The summed E-state index contributed by atoms with van der Waals surface area (Å²) in [7, 11) is 1.86. The number of nitrogens with zero attached hydrogens (tertiary/aromatic N) is 1. The van der Waals surface area contributed by atoms with E-state index in [0.717, 1.165) is 25.7 Å². The Kier molecular flexibility index (Phi) is 4.19. The Balaban J connectivity index is 2.03. The number of hydrogen-bond acceptors (Lipinski definition) is 3. The Hall–Kier alpha value is -1.03. The van der Waals surface area contributed by atoms with Gasteiger partial charge in [-0.1, -0.05) is 0 Å². The minimum atomic E-state index is -0.427. The molecule has 1 aromatic heterocycles. The number of fused-ring (bicyclic) bond motifs is 1. The molecule has 0 aromatic carbocycles. The Morgan fingerprint density at radius 2 is 2.21 bits per heavy atom. The first-order chi connectivity index (χ1) is 8.87. The number of likely N-dealkylation sites (N-methyl/N-ethyl adjacent to an activating group) is 1. The van der Waals surface area contributed by atoms with Gasteiger partial charge in [-0.25, -0.2) is 4.79 Å². The molecule has 3 nitrogen and oxygen atoms in total. The lowest BCUT2D eigenvalue weighted by Crippen LogP contribution is -2.41. The average molecular weight is 281 g/mol. The molecular formula is C15H23NO2S. The van der Waals surface area contributed by atoms with Crippen LogP contribution in [-0.4, -0.2) is 29.7 Å². The smallest absolute Gasteiger partial charge is 0.410 e. The van der Waals surface area contributed by atoms with Crippen molar-refractivity contribution < 1.29 is 9.53 Å². The average Bonchev–Trinajstić information content (AvgIpc) is 2.63. The first-order valence-electron chi connectivity index (χ1n) is 6.88. The van der Waals surface area contributed by atoms with E-state index in [4.69, 9.17) is 4.74 Å². The molecule has 0 saturated carbocycles. The molecule has 1 unspecified atom stereocenters. The van der Waals surface area contributed by atoms with Gasteiger partial charge in [0.05, 0.1) is 0 Å². The fourth-order valence-electron chi connectivity index (χ4n) is 2.44. The summed E-state index contributed by atoms with van der Waals surface area (Å²) < 4.78 is 5.45. The quantitative estimate of drug-likeness (QED) is 0.731. The highest BCUT2D eigenvalue weighted by molar-refractivity contribution is 7.10. The van der Waals surface area contributed by atoms with Crippen LogP contribution < -0.4 is 0 Å². The Labute approximate surface area is 119 Å². The van der Waals surface area contributed by atoms with E-state index in [1.807, 2.05) is 39.2 Å². The van der Waals surface area contributed by atoms with Crippen molar-refractivity contribution in [1.29, 1.82) is 0 Å². The van der Waals surface area contributed by atoms with Crippen LogP contribution in [0.25, 0.3) is 0 Å². The van der Waals surface area contributed by atoms with Crippen molar-refractivity contribution in [2.45, 2.75) is 58.1 Å². The number of rotatable bonds is 1. The second kappa shape index (κ2) is 5.53. The van der Waals surface area contributed by atoms with Crippen LogP contribution in [0.3, 0.4) is 0 Å². The Morgan fingerprint density at radius 1 is 1.47 bits per heavy atom. The number of carbonyl (C=O) groups is 1. The van der Waals surface area contributed by atoms with Crippen molar-refractivity contribution in [2.24, 2.45) is 0 Å². The number of amides is 1. The molecule has 1 aromatic rings. The van der Waals surface area contributed by atoms with E-state index < -0.39 is 5.60 Å². The molecule has 1 aliphatic rings. The van der Waals surface area contributed by atoms with E-state index in [0.29, 0.717) is 0 Å². The zero-order valence-electron chi connectivity index (χ0n) is 12.2. The van der Waals surface area contributed by atoms with Crippen LogP contribution in [0.15, 0.2) is 11.4 Å². The van der Waals surface area contributed by atoms with Gasteiger partial charge in [0.25, 0.3) is 0 Å². The number of thiophene rings is 1. The summed E-state index contributed by atoms with van der Waals surface area (Å²) in [6, 6.07) is 2.45. The van der Waals surface area contributed by atoms with Crippen molar-refractivity contribution in [3.8, 4) is 0 Å². The molecule has 0 fully saturated rings. The molecule has 0 bridgehead atoms. The van der Waals surface area contributed by atoms with Crippen LogP contribution >= 0.6 is 11.3 Å². The second-order valence-electron chi connectivity index (χ2n) is 6.21. The number of ether oxygens (including phenoxy) is 1. The van der Waals surface area contributed by atoms with Crippen molar-refractivity contribution in [1.82, 2.24) is 4.90 Å². The fourth-order valence-corrected chi connectivity index (χ4v) is 3.40. The van der Waals surface area contributed by atoms with E-state index in [1.165, 1.54) is 10.4 Å². The maximum absolute atomic E-state index is 12.1. The highest BCUT2D eigenvalue weighted by Crippen LogP contribution is 2.27. The normalized spacial score (nSPS) is 19.5. The molecule has 106 valence electrons. The van der Waals surface area contributed by atoms with E-state index >= 15 is 0 Å². The van der Waals surface area contributed by atoms with Gasteiger partial charge in [0.2, 0.25) is 0 Å². The van der Waals surface area contributed by atoms with E-state index in [-0.39, 0.29) is 12.1 Å². The van der Waals surface area contributed by atoms with Gasteiger partial charge in [-0.15, -0.1) is 11.3 Å². The monoisotopic (exact) mass is 281 g/mol. The SMILES string of the molecule is CN(C(=O)OC(C)(C)C)C1CCCc2sccc2C1. The molecule has 1 aliphatic carbocycles. The first-order valence-corrected chi connectivity index (χ1v) is 7.76. The zero-order valence-corrected chi connectivity index (χ0v) is 13.0. The summed E-state index contributed by atoms with van der Waals surface area (Å²) in [5.74, 6) is 0. The van der Waals surface area contributed by atoms with Crippen molar-refractivity contribution in [2.75, 3.05) is 7.05 Å². The molecule has 0 N–H and O–H groups in total. The molecule has 0 aliphatic heterocycles. The standard InChI is InChI=1S/C15H23NO2S/c1-15(2,3)18-14(17)16(4)12-6-5-7-13-11(10-12)8-9-19-13/h8-9,12H,5-7,10H2,1-4H3. The highest BCUT2D eigenvalue weighted by atomic mass is 32.1. The minimum absolute atomic E-state index is 0.212. The van der Waals surface area contributed by atoms with Crippen molar-refractivity contribution >= 4 is 17.4 Å². The topological polar surface area (TPSA) is 29.5 Å². The molecule has 2 rings (SSSR count). The van der Waals surface area contributed by atoms with Crippen LogP contribution in [0.4, 0.5) is 4.79 Å². The number of carbonyl (C=O) groups excluding carboxylic acids is 1. The molecule has 19 heavy (non-hydrogen) atoms. The summed E-state index contributed by atoms with van der Waals surface area (Å²) >= 11 is 1.84. The van der Waals surface area contributed by atoms with Crippen LogP contribution in [0, 0.1) is 0 Å². The van der Waals surface area contributed by atoms with E-state index in [1.54, 1.807) is 4.90 Å². The number of aryl methyl sites for hydroxylation is 1. The first kappa shape index (κ1) is 14.4. The summed E-state index contributed by atoms with van der Waals surface area (Å²) in [6.45, 7) is 5.72. The molecule has 0 spiro atoms. The summed E-state index contributed by atoms with van der Waals surface area (Å²) in [5.41, 5.74) is 0.979. The summed E-state index contributed by atoms with van der Waals surface area (Å²) in [6.07, 6.45) is 4.08. The largest absolute Gasteiger partial charge is 0.444 e. The Bertz CT molecular complexity index is 447. The van der Waals surface area contributed by atoms with Gasteiger partial charge in [0, 0.05) is 18.0 Å². The second-order valence-corrected chi connectivity index (χ2v) is 7.21. The van der Waals surface area contributed by atoms with E-state index in [9.17, 15) is 4.79 Å². The third kappa shape index (κ3) is 3.72. The Morgan fingerprint density at radius 3 is 2.89 bits per heavy atom. The van der Waals surface area contributed by atoms with Gasteiger partial charge in [-0.2, -0.15) is 0 Å². The maximum Gasteiger partial charge on any atom is 0.410 e. The van der Waals surface area contributed by atoms with Crippen LogP contribution in [0.2, 0.25) is 0 Å². The van der Waals surface area contributed by atoms with Crippen molar-refractivity contribution in [3.63, 3.8) is 0 Å². The zero-order chi connectivity index (χ0) is 14.0. The molecule has 0 radical (unpaired) electrons. The minimum Gasteiger partial charge on any atom is -0.444 e. The van der Waals surface area contributed by atoms with Gasteiger partial charge in [0.1, 0.15) is 5.60 Å². The number of hydrogen-bond donors (Lipinski definition) is 0. The third-order valence-electron chi connectivity index (χ3n) is 3.46. The predicted octanol–water partition coefficient (Wildman–Crippen LogP) is 3.86. The summed E-state index contributed by atoms with van der Waals surface area (Å²) in [4.78, 5) is 15.4. The van der Waals surface area contributed by atoms with Gasteiger partial charge >= 0.3 is 6.09 Å². The highest BCUT2D eigenvalue weighted by Gasteiger charge is 2.27. The van der Waals surface area contributed by atoms with Crippen LogP contribution in [0.1, 0.15) is 44.1 Å². The molecule has 1 atom stereocenters. The fraction of sp³-hybridized carbons (Fsp3) is 0.667. The van der Waals surface area contributed by atoms with Gasteiger partial charge in [0.15, 0.2) is 0 Å². The molecular weight excluding hydrogens is 258 g/mol. The lowest BCUT2D eigenvalue weighted by molar-refractivity contribution is 0.0215. The van der Waals surface area contributed by atoms with Crippen LogP contribution in [-0.2, 0) is 17.6 Å². The van der Waals surface area contributed by atoms with Crippen molar-refractivity contribution in [3.05, 3.63) is 21.9 Å². The third-order valence-corrected chi connectivity index (χ3v) is 4.49. The predicted molar refractivity (Wildman–Crippen MR) is 78.7 cm³/mol. The molecule has 1 amide bonds. The van der Waals surface area contributed by atoms with Gasteiger partial charge < -0.3 is 9.64 Å². The molecule has 4 heteroatoms. The molecule has 0 saturated heterocycles. The van der Waals surface area contributed by atoms with Gasteiger partial charge in [-0.3, -0.25) is 0 Å². The molecule has 1 heterocycles. The van der Waals surface area contributed by atoms with Crippen LogP contribution in [0.5, 0.6) is 0 Å².